The number of anilines is 1. The number of ether oxygens (including phenoxy) is 2. The van der Waals surface area contributed by atoms with Gasteiger partial charge in [0.05, 0.1) is 26.5 Å². The third-order valence-electron chi connectivity index (χ3n) is 4.53. The second-order valence-corrected chi connectivity index (χ2v) is 6.44. The molecule has 1 aromatic heterocycles. The first kappa shape index (κ1) is 16.6. The maximum absolute atomic E-state index is 5.92. The lowest BCUT2D eigenvalue weighted by Gasteiger charge is -2.23. The van der Waals surface area contributed by atoms with E-state index in [9.17, 15) is 0 Å². The normalized spacial score (nSPS) is 16.8. The molecule has 0 amide bonds. The van der Waals surface area contributed by atoms with Crippen LogP contribution in [-0.4, -0.2) is 35.3 Å². The summed E-state index contributed by atoms with van der Waals surface area (Å²) in [6.45, 7) is 4.28. The van der Waals surface area contributed by atoms with Crippen LogP contribution in [0.1, 0.15) is 23.0 Å². The Morgan fingerprint density at radius 3 is 2.81 bits per heavy atom. The lowest BCUT2D eigenvalue weighted by molar-refractivity contribution is 0.110. The maximum atomic E-state index is 5.92. The van der Waals surface area contributed by atoms with E-state index in [0.29, 0.717) is 13.2 Å². The Balaban J connectivity index is 1.52. The summed E-state index contributed by atoms with van der Waals surface area (Å²) >= 11 is 0. The molecular formula is C20H22N4O2. The Morgan fingerprint density at radius 2 is 2.04 bits per heavy atom. The highest BCUT2D eigenvalue weighted by molar-refractivity contribution is 5.50. The van der Waals surface area contributed by atoms with Crippen LogP contribution in [0.25, 0.3) is 0 Å². The molecule has 4 rings (SSSR count). The number of aromatic nitrogens is 3. The molecule has 0 N–H and O–H groups in total. The van der Waals surface area contributed by atoms with Crippen LogP contribution in [0.3, 0.4) is 0 Å². The molecule has 2 aromatic carbocycles. The molecule has 0 saturated carbocycles. The Kier molecular flexibility index (Phi) is 4.58. The van der Waals surface area contributed by atoms with E-state index in [4.69, 9.17) is 9.47 Å². The third kappa shape index (κ3) is 3.41. The van der Waals surface area contributed by atoms with Gasteiger partial charge in [-0.2, -0.15) is 0 Å². The summed E-state index contributed by atoms with van der Waals surface area (Å²) in [6.07, 6.45) is 1.75. The van der Waals surface area contributed by atoms with Crippen molar-refractivity contribution in [3.05, 3.63) is 71.5 Å². The summed E-state index contributed by atoms with van der Waals surface area (Å²) in [5.74, 6) is 0.842. The van der Waals surface area contributed by atoms with Gasteiger partial charge in [-0.05, 0) is 36.8 Å². The highest BCUT2D eigenvalue weighted by atomic mass is 16.5. The Bertz CT molecular complexity index is 876. The average molecular weight is 350 g/mol. The largest absolute Gasteiger partial charge is 0.497 e. The highest BCUT2D eigenvalue weighted by Crippen LogP contribution is 2.31. The van der Waals surface area contributed by atoms with E-state index >= 15 is 0 Å². The van der Waals surface area contributed by atoms with Gasteiger partial charge in [-0.25, -0.2) is 4.68 Å². The van der Waals surface area contributed by atoms with E-state index in [0.717, 1.165) is 23.7 Å². The quantitative estimate of drug-likeness (QED) is 0.707. The van der Waals surface area contributed by atoms with Crippen molar-refractivity contribution in [3.8, 4) is 5.75 Å². The molecule has 1 aliphatic heterocycles. The van der Waals surface area contributed by atoms with Gasteiger partial charge in [0.1, 0.15) is 11.4 Å². The molecule has 1 aliphatic rings. The summed E-state index contributed by atoms with van der Waals surface area (Å²) < 4.78 is 13.0. The number of hydrogen-bond donors (Lipinski definition) is 0. The smallest absolute Gasteiger partial charge is 0.177 e. The first-order valence-corrected chi connectivity index (χ1v) is 8.71. The van der Waals surface area contributed by atoms with E-state index in [2.05, 4.69) is 46.4 Å². The highest BCUT2D eigenvalue weighted by Gasteiger charge is 2.29. The monoisotopic (exact) mass is 350 g/mol. The standard InChI is InChI=1S/C20H22N4O2/c1-15-4-3-5-16(12-15)13-23-14-19(21-22-23)20-24(10-11-26-20)17-6-8-18(25-2)9-7-17/h3-9,12,14,20H,10-11,13H2,1-2H3. The Hall–Kier alpha value is -2.86. The zero-order valence-corrected chi connectivity index (χ0v) is 15.0. The van der Waals surface area contributed by atoms with E-state index in [1.165, 1.54) is 11.1 Å². The molecule has 2 heterocycles. The molecule has 0 bridgehead atoms. The van der Waals surface area contributed by atoms with E-state index in [1.807, 2.05) is 35.1 Å². The van der Waals surface area contributed by atoms with Crippen molar-refractivity contribution >= 4 is 5.69 Å². The summed E-state index contributed by atoms with van der Waals surface area (Å²) in [7, 11) is 1.67. The molecule has 1 atom stereocenters. The fraction of sp³-hybridized carbons (Fsp3) is 0.300. The minimum absolute atomic E-state index is 0.213. The van der Waals surface area contributed by atoms with Crippen molar-refractivity contribution < 1.29 is 9.47 Å². The summed E-state index contributed by atoms with van der Waals surface area (Å²) in [5.41, 5.74) is 4.36. The zero-order chi connectivity index (χ0) is 17.9. The van der Waals surface area contributed by atoms with Crippen LogP contribution in [0.2, 0.25) is 0 Å². The van der Waals surface area contributed by atoms with Gasteiger partial charge >= 0.3 is 0 Å². The number of nitrogens with zero attached hydrogens (tertiary/aromatic N) is 4. The van der Waals surface area contributed by atoms with Crippen molar-refractivity contribution in [1.29, 1.82) is 0 Å². The summed E-state index contributed by atoms with van der Waals surface area (Å²) in [6, 6.07) is 16.4. The van der Waals surface area contributed by atoms with Gasteiger partial charge in [0.2, 0.25) is 0 Å². The minimum Gasteiger partial charge on any atom is -0.497 e. The third-order valence-corrected chi connectivity index (χ3v) is 4.53. The number of benzene rings is 2. The summed E-state index contributed by atoms with van der Waals surface area (Å²) in [5, 5.41) is 8.63. The van der Waals surface area contributed by atoms with Crippen LogP contribution in [-0.2, 0) is 11.3 Å². The van der Waals surface area contributed by atoms with E-state index in [-0.39, 0.29) is 6.23 Å². The lowest BCUT2D eigenvalue weighted by atomic mass is 10.1. The van der Waals surface area contributed by atoms with Gasteiger partial charge in [0, 0.05) is 12.2 Å². The molecule has 0 spiro atoms. The second-order valence-electron chi connectivity index (χ2n) is 6.44. The number of hydrogen-bond acceptors (Lipinski definition) is 5. The molecule has 6 heteroatoms. The van der Waals surface area contributed by atoms with E-state index < -0.39 is 0 Å². The van der Waals surface area contributed by atoms with Gasteiger partial charge in [-0.1, -0.05) is 35.0 Å². The Morgan fingerprint density at radius 1 is 1.19 bits per heavy atom. The minimum atomic E-state index is -0.213. The van der Waals surface area contributed by atoms with Crippen molar-refractivity contribution in [3.63, 3.8) is 0 Å². The fourth-order valence-electron chi connectivity index (χ4n) is 3.25. The topological polar surface area (TPSA) is 52.4 Å². The molecule has 1 unspecified atom stereocenters. The maximum Gasteiger partial charge on any atom is 0.177 e. The van der Waals surface area contributed by atoms with Gasteiger partial charge in [-0.3, -0.25) is 0 Å². The van der Waals surface area contributed by atoms with Crippen molar-refractivity contribution in [2.24, 2.45) is 0 Å². The summed E-state index contributed by atoms with van der Waals surface area (Å²) in [4.78, 5) is 2.19. The number of aryl methyl sites for hydroxylation is 1. The number of methoxy groups -OCH3 is 1. The molecule has 26 heavy (non-hydrogen) atoms. The van der Waals surface area contributed by atoms with Crippen LogP contribution in [0.5, 0.6) is 5.75 Å². The van der Waals surface area contributed by atoms with Gasteiger partial charge < -0.3 is 14.4 Å². The lowest BCUT2D eigenvalue weighted by Crippen LogP contribution is -2.23. The van der Waals surface area contributed by atoms with Crippen LogP contribution in [0, 0.1) is 6.92 Å². The fourth-order valence-corrected chi connectivity index (χ4v) is 3.25. The first-order chi connectivity index (χ1) is 12.7. The van der Waals surface area contributed by atoms with Crippen molar-refractivity contribution in [2.75, 3.05) is 25.2 Å². The molecule has 3 aromatic rings. The van der Waals surface area contributed by atoms with Gasteiger partial charge in [0.15, 0.2) is 6.23 Å². The SMILES string of the molecule is COc1ccc(N2CCOC2c2cn(Cc3cccc(C)c3)nn2)cc1. The van der Waals surface area contributed by atoms with Crippen LogP contribution in [0.4, 0.5) is 5.69 Å². The predicted molar refractivity (Wildman–Crippen MR) is 99.3 cm³/mol. The molecule has 1 fully saturated rings. The molecular weight excluding hydrogens is 328 g/mol. The molecule has 0 radical (unpaired) electrons. The van der Waals surface area contributed by atoms with Crippen LogP contribution >= 0.6 is 0 Å². The molecule has 0 aliphatic carbocycles. The number of rotatable bonds is 5. The average Bonchev–Trinajstić information content (AvgIpc) is 3.31. The molecule has 6 nitrogen and oxygen atoms in total. The van der Waals surface area contributed by atoms with Crippen LogP contribution < -0.4 is 9.64 Å². The van der Waals surface area contributed by atoms with E-state index in [1.54, 1.807) is 7.11 Å². The van der Waals surface area contributed by atoms with Crippen LogP contribution in [0.15, 0.2) is 54.7 Å². The zero-order valence-electron chi connectivity index (χ0n) is 15.0. The Labute approximate surface area is 153 Å². The molecule has 134 valence electrons. The molecule has 1 saturated heterocycles. The first-order valence-electron chi connectivity index (χ1n) is 8.71. The van der Waals surface area contributed by atoms with Crippen molar-refractivity contribution in [2.45, 2.75) is 19.7 Å². The van der Waals surface area contributed by atoms with Gasteiger partial charge in [0.25, 0.3) is 0 Å². The predicted octanol–water partition coefficient (Wildman–Crippen LogP) is 3.18. The van der Waals surface area contributed by atoms with Gasteiger partial charge in [-0.15, -0.1) is 5.10 Å². The van der Waals surface area contributed by atoms with Crippen molar-refractivity contribution in [1.82, 2.24) is 15.0 Å². The second kappa shape index (κ2) is 7.17.